The Hall–Kier alpha value is -3.61. The number of halogens is 1. The van der Waals surface area contributed by atoms with Crippen molar-refractivity contribution in [2.24, 2.45) is 0 Å². The Labute approximate surface area is 208 Å². The first-order chi connectivity index (χ1) is 16.4. The molecule has 0 saturated carbocycles. The molecule has 0 aliphatic carbocycles. The minimum atomic E-state index is -0.766. The van der Waals surface area contributed by atoms with E-state index in [4.69, 9.17) is 18.9 Å². The number of ether oxygens (including phenoxy) is 5. The van der Waals surface area contributed by atoms with Gasteiger partial charge < -0.3 is 23.7 Å². The number of hydrogen-bond donors (Lipinski definition) is 0. The summed E-state index contributed by atoms with van der Waals surface area (Å²) in [5.41, 5.74) is 1.01. The third kappa shape index (κ3) is 4.98. The first-order valence-electron chi connectivity index (χ1n) is 9.78. The molecule has 3 rings (SSSR count). The van der Waals surface area contributed by atoms with Crippen LogP contribution in [0.2, 0.25) is 0 Å². The monoisotopic (exact) mass is 580 g/mol. The third-order valence-electron chi connectivity index (χ3n) is 4.72. The number of methoxy groups -OCH3 is 4. The van der Waals surface area contributed by atoms with Gasteiger partial charge in [0.25, 0.3) is 0 Å². The number of carbonyl (C=O) groups excluding carboxylic acids is 3. The normalized spacial score (nSPS) is 10.4. The largest absolute Gasteiger partial charge is 0.493 e. The van der Waals surface area contributed by atoms with Gasteiger partial charge in [0.15, 0.2) is 23.8 Å². The standard InChI is InChI=1S/C23H21IN2O8/c1-30-16-11-13(10-15(24)21(16)34-12-17(27)31-2)19-18(22(28)32-3)20(23(29)33-4)26(25-19)14-8-6-5-7-9-14/h5-11H,12H2,1-4H3. The highest BCUT2D eigenvalue weighted by atomic mass is 127. The summed E-state index contributed by atoms with van der Waals surface area (Å²) in [6.45, 7) is -0.315. The highest BCUT2D eigenvalue weighted by Crippen LogP contribution is 2.39. The maximum atomic E-state index is 12.8. The lowest BCUT2D eigenvalue weighted by Gasteiger charge is -2.13. The fourth-order valence-corrected chi connectivity index (χ4v) is 3.90. The van der Waals surface area contributed by atoms with Gasteiger partial charge in [-0.1, -0.05) is 18.2 Å². The predicted molar refractivity (Wildman–Crippen MR) is 128 cm³/mol. The van der Waals surface area contributed by atoms with Gasteiger partial charge in [-0.2, -0.15) is 5.10 Å². The van der Waals surface area contributed by atoms with Gasteiger partial charge in [0.1, 0.15) is 11.3 Å². The van der Waals surface area contributed by atoms with E-state index in [1.165, 1.54) is 33.1 Å². The van der Waals surface area contributed by atoms with Gasteiger partial charge in [0.05, 0.1) is 37.7 Å². The summed E-state index contributed by atoms with van der Waals surface area (Å²) < 4.78 is 27.4. The van der Waals surface area contributed by atoms with Crippen LogP contribution in [-0.4, -0.2) is 62.7 Å². The van der Waals surface area contributed by atoms with E-state index in [9.17, 15) is 14.4 Å². The van der Waals surface area contributed by atoms with Gasteiger partial charge in [-0.15, -0.1) is 0 Å². The Morgan fingerprint density at radius 1 is 0.941 bits per heavy atom. The average molecular weight is 580 g/mol. The molecule has 0 saturated heterocycles. The zero-order valence-corrected chi connectivity index (χ0v) is 20.9. The van der Waals surface area contributed by atoms with Crippen molar-refractivity contribution in [1.29, 1.82) is 0 Å². The van der Waals surface area contributed by atoms with E-state index in [-0.39, 0.29) is 29.3 Å². The first-order valence-corrected chi connectivity index (χ1v) is 10.9. The Bertz CT molecular complexity index is 1220. The third-order valence-corrected chi connectivity index (χ3v) is 5.52. The fraction of sp³-hybridized carbons (Fsp3) is 0.217. The number of nitrogens with zero attached hydrogens (tertiary/aromatic N) is 2. The van der Waals surface area contributed by atoms with Crippen LogP contribution in [0.1, 0.15) is 20.8 Å². The molecule has 10 nitrogen and oxygen atoms in total. The van der Waals surface area contributed by atoms with Crippen molar-refractivity contribution in [3.05, 3.63) is 57.3 Å². The lowest BCUT2D eigenvalue weighted by atomic mass is 10.0. The molecule has 11 heteroatoms. The molecular formula is C23H21IN2O8. The van der Waals surface area contributed by atoms with Gasteiger partial charge in [-0.25, -0.2) is 19.1 Å². The number of para-hydroxylation sites is 1. The van der Waals surface area contributed by atoms with Gasteiger partial charge in [-0.05, 0) is 46.9 Å². The van der Waals surface area contributed by atoms with E-state index in [0.717, 1.165) is 0 Å². The summed E-state index contributed by atoms with van der Waals surface area (Å²) in [5, 5.41) is 4.56. The second-order valence-electron chi connectivity index (χ2n) is 6.66. The molecule has 0 N–H and O–H groups in total. The van der Waals surface area contributed by atoms with Gasteiger partial charge >= 0.3 is 17.9 Å². The zero-order valence-electron chi connectivity index (χ0n) is 18.8. The first kappa shape index (κ1) is 25.0. The molecule has 0 aliphatic heterocycles. The minimum absolute atomic E-state index is 0.0701. The van der Waals surface area contributed by atoms with Crippen molar-refractivity contribution >= 4 is 40.5 Å². The summed E-state index contributed by atoms with van der Waals surface area (Å²) >= 11 is 2.01. The van der Waals surface area contributed by atoms with E-state index >= 15 is 0 Å². The van der Waals surface area contributed by atoms with E-state index in [1.54, 1.807) is 36.4 Å². The molecule has 1 heterocycles. The van der Waals surface area contributed by atoms with E-state index in [0.29, 0.717) is 20.6 Å². The second kappa shape index (κ2) is 11.0. The lowest BCUT2D eigenvalue weighted by molar-refractivity contribution is -0.142. The smallest absolute Gasteiger partial charge is 0.357 e. The molecule has 0 radical (unpaired) electrons. The number of aromatic nitrogens is 2. The van der Waals surface area contributed by atoms with Gasteiger partial charge in [0.2, 0.25) is 0 Å². The Kier molecular flexibility index (Phi) is 8.10. The summed E-state index contributed by atoms with van der Waals surface area (Å²) in [4.78, 5) is 37.1. The number of carbonyl (C=O) groups is 3. The molecule has 0 fully saturated rings. The van der Waals surface area contributed by atoms with Crippen molar-refractivity contribution < 1.29 is 38.1 Å². The van der Waals surface area contributed by atoms with Crippen LogP contribution in [0.5, 0.6) is 11.5 Å². The lowest BCUT2D eigenvalue weighted by Crippen LogP contribution is -2.15. The molecule has 0 unspecified atom stereocenters. The highest BCUT2D eigenvalue weighted by Gasteiger charge is 2.32. The van der Waals surface area contributed by atoms with Crippen LogP contribution in [0.25, 0.3) is 16.9 Å². The predicted octanol–water partition coefficient (Wildman–Crippen LogP) is 3.28. The number of hydrogen-bond acceptors (Lipinski definition) is 9. The Morgan fingerprint density at radius 2 is 1.62 bits per heavy atom. The van der Waals surface area contributed by atoms with Crippen molar-refractivity contribution in [3.8, 4) is 28.4 Å². The van der Waals surface area contributed by atoms with Crippen molar-refractivity contribution in [3.63, 3.8) is 0 Å². The topological polar surface area (TPSA) is 115 Å². The van der Waals surface area contributed by atoms with Crippen LogP contribution in [0.15, 0.2) is 42.5 Å². The molecule has 0 amide bonds. The van der Waals surface area contributed by atoms with Crippen molar-refractivity contribution in [1.82, 2.24) is 9.78 Å². The SMILES string of the molecule is COC(=O)COc1c(I)cc(-c2nn(-c3ccccc3)c(C(=O)OC)c2C(=O)OC)cc1OC. The number of benzene rings is 2. The number of rotatable bonds is 8. The van der Waals surface area contributed by atoms with Crippen molar-refractivity contribution in [2.75, 3.05) is 35.0 Å². The fourth-order valence-electron chi connectivity index (χ4n) is 3.14. The number of esters is 3. The van der Waals surface area contributed by atoms with E-state index in [1.807, 2.05) is 28.7 Å². The van der Waals surface area contributed by atoms with Crippen LogP contribution in [-0.2, 0) is 19.0 Å². The maximum absolute atomic E-state index is 12.8. The maximum Gasteiger partial charge on any atom is 0.357 e. The molecule has 178 valence electrons. The molecule has 1 aromatic heterocycles. The second-order valence-corrected chi connectivity index (χ2v) is 7.82. The Balaban J connectivity index is 2.25. The zero-order chi connectivity index (χ0) is 24.8. The molecule has 0 atom stereocenters. The molecule has 0 bridgehead atoms. The molecule has 0 aliphatic rings. The van der Waals surface area contributed by atoms with Gasteiger partial charge in [-0.3, -0.25) is 0 Å². The van der Waals surface area contributed by atoms with Crippen LogP contribution < -0.4 is 9.47 Å². The molecule has 0 spiro atoms. The molecular weight excluding hydrogens is 559 g/mol. The van der Waals surface area contributed by atoms with E-state index < -0.39 is 17.9 Å². The molecule has 2 aromatic carbocycles. The van der Waals surface area contributed by atoms with Crippen LogP contribution in [0.4, 0.5) is 0 Å². The summed E-state index contributed by atoms with van der Waals surface area (Å²) in [5.74, 6) is -1.48. The van der Waals surface area contributed by atoms with Crippen LogP contribution in [0, 0.1) is 3.57 Å². The van der Waals surface area contributed by atoms with Gasteiger partial charge in [0, 0.05) is 5.56 Å². The summed E-state index contributed by atoms with van der Waals surface area (Å²) in [7, 11) is 5.11. The van der Waals surface area contributed by atoms with Crippen LogP contribution >= 0.6 is 22.6 Å². The quantitative estimate of drug-likeness (QED) is 0.225. The summed E-state index contributed by atoms with van der Waals surface area (Å²) in [6, 6.07) is 12.1. The average Bonchev–Trinajstić information content (AvgIpc) is 3.27. The van der Waals surface area contributed by atoms with Crippen LogP contribution in [0.3, 0.4) is 0 Å². The summed E-state index contributed by atoms with van der Waals surface area (Å²) in [6.07, 6.45) is 0. The Morgan fingerprint density at radius 3 is 2.21 bits per heavy atom. The molecule has 34 heavy (non-hydrogen) atoms. The highest BCUT2D eigenvalue weighted by molar-refractivity contribution is 14.1. The van der Waals surface area contributed by atoms with Crippen molar-refractivity contribution in [2.45, 2.75) is 0 Å². The van der Waals surface area contributed by atoms with E-state index in [2.05, 4.69) is 9.84 Å². The minimum Gasteiger partial charge on any atom is -0.493 e. The molecule has 3 aromatic rings.